The molecule has 1 aromatic carbocycles. The van der Waals surface area contributed by atoms with Crippen LogP contribution >= 0.6 is 0 Å². The third-order valence-corrected chi connectivity index (χ3v) is 6.70. The quantitative estimate of drug-likeness (QED) is 0.569. The van der Waals surface area contributed by atoms with Crippen LogP contribution < -0.4 is 10.2 Å². The lowest BCUT2D eigenvalue weighted by Gasteiger charge is -2.27. The first-order valence-electron chi connectivity index (χ1n) is 11.8. The molecule has 0 spiro atoms. The fourth-order valence-corrected chi connectivity index (χ4v) is 4.51. The summed E-state index contributed by atoms with van der Waals surface area (Å²) in [4.78, 5) is 33.4. The van der Waals surface area contributed by atoms with Gasteiger partial charge in [-0.2, -0.15) is 5.10 Å². The molecule has 190 valence electrons. The van der Waals surface area contributed by atoms with E-state index < -0.39 is 30.0 Å². The predicted octanol–water partition coefficient (Wildman–Crippen LogP) is 4.17. The molecule has 2 aromatic heterocycles. The topological polar surface area (TPSA) is 82.8 Å². The summed E-state index contributed by atoms with van der Waals surface area (Å²) < 4.78 is 44.4. The van der Waals surface area contributed by atoms with Crippen molar-refractivity contribution in [2.45, 2.75) is 45.8 Å². The van der Waals surface area contributed by atoms with Crippen LogP contribution in [0.2, 0.25) is 0 Å². The Morgan fingerprint density at radius 2 is 2.06 bits per heavy atom. The summed E-state index contributed by atoms with van der Waals surface area (Å²) in [7, 11) is 0. The van der Waals surface area contributed by atoms with Crippen molar-refractivity contribution < 1.29 is 22.8 Å². The lowest BCUT2D eigenvalue weighted by atomic mass is 9.90. The fraction of sp³-hybridized carbons (Fsp3) is 0.440. The first kappa shape index (κ1) is 24.1. The van der Waals surface area contributed by atoms with E-state index in [-0.39, 0.29) is 37.5 Å². The largest absolute Gasteiger partial charge is 0.364 e. The maximum atomic E-state index is 14.7. The molecule has 1 atom stereocenters. The molecule has 3 aromatic rings. The zero-order valence-corrected chi connectivity index (χ0v) is 20.3. The number of anilines is 2. The molecule has 2 amide bonds. The van der Waals surface area contributed by atoms with Gasteiger partial charge in [-0.15, -0.1) is 0 Å². The average Bonchev–Trinajstić information content (AvgIpc) is 3.48. The standard InChI is InChI=1S/C25H27F3N6O2/c1-24(2,3)20(26)13-33-12-15-9-18(31-22(35)17-11-30-34-7-4-6-29-21(17)34)19(10-16(15)23(33)36)32-8-5-25(27,28)14-32/h4,6-7,9-11,20H,5,8,12-14H2,1-3H3,(H,31,35)/t20-/m1/s1. The van der Waals surface area contributed by atoms with Gasteiger partial charge in [0.05, 0.1) is 30.7 Å². The van der Waals surface area contributed by atoms with Gasteiger partial charge in [0.2, 0.25) is 0 Å². The number of alkyl halides is 3. The van der Waals surface area contributed by atoms with Gasteiger partial charge in [-0.1, -0.05) is 20.8 Å². The van der Waals surface area contributed by atoms with Crippen LogP contribution in [0, 0.1) is 5.41 Å². The highest BCUT2D eigenvalue weighted by atomic mass is 19.3. The molecule has 5 rings (SSSR count). The SMILES string of the molecule is CC(C)(C)[C@H](F)CN1Cc2cc(NC(=O)c3cnn4cccnc34)c(N3CCC(F)(F)C3)cc2C1=O. The Balaban J connectivity index is 1.49. The van der Waals surface area contributed by atoms with E-state index >= 15 is 0 Å². The van der Waals surface area contributed by atoms with Crippen LogP contribution in [-0.2, 0) is 6.54 Å². The first-order valence-corrected chi connectivity index (χ1v) is 11.8. The number of nitrogens with zero attached hydrogens (tertiary/aromatic N) is 5. The molecule has 8 nitrogen and oxygen atoms in total. The molecular formula is C25H27F3N6O2. The van der Waals surface area contributed by atoms with Crippen molar-refractivity contribution in [3.05, 3.63) is 53.5 Å². The lowest BCUT2D eigenvalue weighted by Crippen LogP contribution is -2.37. The number of nitrogens with one attached hydrogen (secondary N) is 1. The Hall–Kier alpha value is -3.63. The van der Waals surface area contributed by atoms with Gasteiger partial charge in [-0.05, 0) is 29.2 Å². The van der Waals surface area contributed by atoms with Gasteiger partial charge in [0.1, 0.15) is 11.7 Å². The summed E-state index contributed by atoms with van der Waals surface area (Å²) >= 11 is 0. The smallest absolute Gasteiger partial charge is 0.266 e. The van der Waals surface area contributed by atoms with Gasteiger partial charge in [-0.3, -0.25) is 9.59 Å². The van der Waals surface area contributed by atoms with Crippen molar-refractivity contribution in [1.82, 2.24) is 19.5 Å². The minimum atomic E-state index is -2.88. The molecule has 4 heterocycles. The highest BCUT2D eigenvalue weighted by Gasteiger charge is 2.40. The van der Waals surface area contributed by atoms with Gasteiger partial charge in [0, 0.05) is 37.5 Å². The second kappa shape index (κ2) is 8.49. The van der Waals surface area contributed by atoms with Crippen molar-refractivity contribution in [1.29, 1.82) is 0 Å². The number of halogens is 3. The third-order valence-electron chi connectivity index (χ3n) is 6.70. The van der Waals surface area contributed by atoms with Crippen molar-refractivity contribution in [3.8, 4) is 0 Å². The summed E-state index contributed by atoms with van der Waals surface area (Å²) in [6.45, 7) is 4.93. The number of fused-ring (bicyclic) bond motifs is 2. The summed E-state index contributed by atoms with van der Waals surface area (Å²) in [6.07, 6.45) is 3.01. The number of amides is 2. The van der Waals surface area contributed by atoms with Gasteiger partial charge in [-0.25, -0.2) is 22.7 Å². The van der Waals surface area contributed by atoms with Gasteiger partial charge < -0.3 is 15.1 Å². The number of rotatable bonds is 5. The summed E-state index contributed by atoms with van der Waals surface area (Å²) in [6, 6.07) is 4.84. The molecule has 1 fully saturated rings. The third kappa shape index (κ3) is 4.38. The maximum Gasteiger partial charge on any atom is 0.266 e. The minimum absolute atomic E-state index is 0.0708. The average molecular weight is 501 g/mol. The van der Waals surface area contributed by atoms with E-state index in [1.54, 1.807) is 39.1 Å². The number of aromatic nitrogens is 3. The minimum Gasteiger partial charge on any atom is -0.364 e. The van der Waals surface area contributed by atoms with Crippen molar-refractivity contribution in [2.24, 2.45) is 5.41 Å². The molecular weight excluding hydrogens is 473 g/mol. The maximum absolute atomic E-state index is 14.7. The Morgan fingerprint density at radius 3 is 2.75 bits per heavy atom. The molecule has 1 N–H and O–H groups in total. The molecule has 1 saturated heterocycles. The number of carbonyl (C=O) groups is 2. The van der Waals surface area contributed by atoms with Crippen LogP contribution in [-0.4, -0.2) is 63.0 Å². The summed E-state index contributed by atoms with van der Waals surface area (Å²) in [5, 5.41) is 6.93. The number of hydrogen-bond donors (Lipinski definition) is 1. The number of benzene rings is 1. The molecule has 0 unspecified atom stereocenters. The Bertz CT molecular complexity index is 1350. The van der Waals surface area contributed by atoms with Crippen molar-refractivity contribution >= 4 is 28.8 Å². The monoisotopic (exact) mass is 500 g/mol. The number of hydrogen-bond acceptors (Lipinski definition) is 5. The second-order valence-electron chi connectivity index (χ2n) is 10.5. The molecule has 0 bridgehead atoms. The van der Waals surface area contributed by atoms with E-state index in [1.165, 1.54) is 32.8 Å². The van der Waals surface area contributed by atoms with Crippen LogP contribution in [0.5, 0.6) is 0 Å². The van der Waals surface area contributed by atoms with Crippen LogP contribution in [0.1, 0.15) is 53.5 Å². The van der Waals surface area contributed by atoms with E-state index in [0.717, 1.165) is 0 Å². The van der Waals surface area contributed by atoms with E-state index in [4.69, 9.17) is 0 Å². The zero-order chi connectivity index (χ0) is 25.8. The Morgan fingerprint density at radius 1 is 1.28 bits per heavy atom. The highest BCUT2D eigenvalue weighted by Crippen LogP contribution is 2.39. The van der Waals surface area contributed by atoms with Crippen LogP contribution in [0.25, 0.3) is 5.65 Å². The fourth-order valence-electron chi connectivity index (χ4n) is 4.51. The van der Waals surface area contributed by atoms with E-state index in [2.05, 4.69) is 15.4 Å². The normalized spacial score (nSPS) is 18.1. The molecule has 2 aliphatic heterocycles. The van der Waals surface area contributed by atoms with Gasteiger partial charge in [0.15, 0.2) is 5.65 Å². The van der Waals surface area contributed by atoms with Crippen LogP contribution in [0.3, 0.4) is 0 Å². The highest BCUT2D eigenvalue weighted by molar-refractivity contribution is 6.10. The van der Waals surface area contributed by atoms with E-state index in [0.29, 0.717) is 28.1 Å². The molecule has 2 aliphatic rings. The predicted molar refractivity (Wildman–Crippen MR) is 128 cm³/mol. The van der Waals surface area contributed by atoms with Crippen molar-refractivity contribution in [3.63, 3.8) is 0 Å². The zero-order valence-electron chi connectivity index (χ0n) is 20.3. The number of carbonyl (C=O) groups excluding carboxylic acids is 2. The molecule has 0 aliphatic carbocycles. The second-order valence-corrected chi connectivity index (χ2v) is 10.5. The Labute approximate surface area is 206 Å². The van der Waals surface area contributed by atoms with Crippen LogP contribution in [0.15, 0.2) is 36.8 Å². The van der Waals surface area contributed by atoms with Crippen molar-refractivity contribution in [2.75, 3.05) is 29.9 Å². The molecule has 36 heavy (non-hydrogen) atoms. The first-order chi connectivity index (χ1) is 16.9. The van der Waals surface area contributed by atoms with E-state index in [1.807, 2.05) is 0 Å². The molecule has 0 radical (unpaired) electrons. The van der Waals surface area contributed by atoms with Crippen LogP contribution in [0.4, 0.5) is 24.5 Å². The van der Waals surface area contributed by atoms with Gasteiger partial charge >= 0.3 is 0 Å². The van der Waals surface area contributed by atoms with E-state index in [9.17, 15) is 22.8 Å². The Kier molecular flexibility index (Phi) is 5.68. The summed E-state index contributed by atoms with van der Waals surface area (Å²) in [5.74, 6) is -3.74. The summed E-state index contributed by atoms with van der Waals surface area (Å²) in [5.41, 5.74) is 1.49. The van der Waals surface area contributed by atoms with Gasteiger partial charge in [0.25, 0.3) is 17.7 Å². The molecule has 0 saturated carbocycles. The molecule has 11 heteroatoms. The lowest BCUT2D eigenvalue weighted by molar-refractivity contribution is 0.0257.